The van der Waals surface area contributed by atoms with Crippen molar-refractivity contribution in [2.24, 2.45) is 11.8 Å². The highest BCUT2D eigenvalue weighted by Gasteiger charge is 2.35. The maximum Gasteiger partial charge on any atom is 0.0620 e. The van der Waals surface area contributed by atoms with Gasteiger partial charge in [-0.2, -0.15) is 0 Å². The molecule has 2 unspecified atom stereocenters. The number of fused-ring (bicyclic) bond motifs is 2. The van der Waals surface area contributed by atoms with Gasteiger partial charge in [0.25, 0.3) is 0 Å². The van der Waals surface area contributed by atoms with Crippen LogP contribution in [-0.2, 0) is 0 Å². The lowest BCUT2D eigenvalue weighted by Gasteiger charge is -2.42. The quantitative estimate of drug-likeness (QED) is 0.694. The summed E-state index contributed by atoms with van der Waals surface area (Å²) in [5, 5.41) is 10.2. The zero-order chi connectivity index (χ0) is 9.97. The second-order valence-corrected chi connectivity index (χ2v) is 5.00. The van der Waals surface area contributed by atoms with E-state index in [-0.39, 0.29) is 6.10 Å². The van der Waals surface area contributed by atoms with Crippen LogP contribution < -0.4 is 0 Å². The highest BCUT2D eigenvalue weighted by atomic mass is 16.3. The molecule has 0 spiro atoms. The highest BCUT2D eigenvalue weighted by molar-refractivity contribution is 4.87. The molecular weight excluding hydrogens is 174 g/mol. The van der Waals surface area contributed by atoms with Gasteiger partial charge >= 0.3 is 0 Å². The fourth-order valence-electron chi connectivity index (χ4n) is 3.11. The van der Waals surface area contributed by atoms with Gasteiger partial charge in [-0.25, -0.2) is 0 Å². The minimum absolute atomic E-state index is 0.00176. The Hall–Kier alpha value is -0.0800. The van der Waals surface area contributed by atoms with E-state index >= 15 is 0 Å². The van der Waals surface area contributed by atoms with Crippen LogP contribution in [0.5, 0.6) is 0 Å². The van der Waals surface area contributed by atoms with Crippen molar-refractivity contribution in [2.75, 3.05) is 19.6 Å². The molecule has 14 heavy (non-hydrogen) atoms. The van der Waals surface area contributed by atoms with Crippen LogP contribution in [0.25, 0.3) is 0 Å². The molecule has 2 heteroatoms. The van der Waals surface area contributed by atoms with Crippen LogP contribution in [0.4, 0.5) is 0 Å². The summed E-state index contributed by atoms with van der Waals surface area (Å²) in [4.78, 5) is 2.52. The van der Waals surface area contributed by atoms with Gasteiger partial charge in [-0.05, 0) is 31.2 Å². The SMILES string of the molecule is CCN1CC2CCCCCC(C1)C2O. The Morgan fingerprint density at radius 2 is 1.64 bits per heavy atom. The molecule has 82 valence electrons. The molecule has 2 aliphatic rings. The third kappa shape index (κ3) is 2.12. The molecular formula is C12H23NO. The number of hydrogen-bond donors (Lipinski definition) is 1. The molecule has 2 bridgehead atoms. The van der Waals surface area contributed by atoms with Gasteiger partial charge in [0.15, 0.2) is 0 Å². The largest absolute Gasteiger partial charge is 0.392 e. The van der Waals surface area contributed by atoms with Crippen molar-refractivity contribution < 1.29 is 5.11 Å². The molecule has 1 saturated carbocycles. The number of nitrogens with zero attached hydrogens (tertiary/aromatic N) is 1. The number of aliphatic hydroxyl groups is 1. The lowest BCUT2D eigenvalue weighted by molar-refractivity contribution is -0.0329. The molecule has 0 radical (unpaired) electrons. The molecule has 1 aliphatic carbocycles. The molecule has 0 amide bonds. The maximum atomic E-state index is 10.2. The minimum atomic E-state index is -0.00176. The van der Waals surface area contributed by atoms with Crippen molar-refractivity contribution in [3.05, 3.63) is 0 Å². The zero-order valence-corrected chi connectivity index (χ0v) is 9.28. The van der Waals surface area contributed by atoms with Crippen LogP contribution in [0.2, 0.25) is 0 Å². The average Bonchev–Trinajstić information content (AvgIpc) is 2.22. The Balaban J connectivity index is 2.02. The average molecular weight is 197 g/mol. The smallest absolute Gasteiger partial charge is 0.0620 e. The first-order valence-corrected chi connectivity index (χ1v) is 6.21. The lowest BCUT2D eigenvalue weighted by Crippen LogP contribution is -2.49. The lowest BCUT2D eigenvalue weighted by atomic mass is 9.78. The molecule has 0 aromatic carbocycles. The second-order valence-electron chi connectivity index (χ2n) is 5.00. The molecule has 2 nitrogen and oxygen atoms in total. The second kappa shape index (κ2) is 4.63. The summed E-state index contributed by atoms with van der Waals surface area (Å²) < 4.78 is 0. The van der Waals surface area contributed by atoms with E-state index in [9.17, 15) is 5.11 Å². The van der Waals surface area contributed by atoms with E-state index in [0.717, 1.165) is 19.6 Å². The molecule has 2 atom stereocenters. The summed E-state index contributed by atoms with van der Waals surface area (Å²) in [5.41, 5.74) is 0. The van der Waals surface area contributed by atoms with Crippen LogP contribution in [0.3, 0.4) is 0 Å². The standard InChI is InChI=1S/C12H23NO/c1-2-13-8-10-6-4-3-5-7-11(9-13)12(10)14/h10-12,14H,2-9H2,1H3. The van der Waals surface area contributed by atoms with Gasteiger partial charge in [-0.15, -0.1) is 0 Å². The Bertz CT molecular complexity index is 167. The number of piperidine rings is 1. The molecule has 0 aromatic heterocycles. The van der Waals surface area contributed by atoms with E-state index in [1.54, 1.807) is 0 Å². The van der Waals surface area contributed by atoms with Gasteiger partial charge in [0.1, 0.15) is 0 Å². The Kier molecular flexibility index (Phi) is 3.45. The van der Waals surface area contributed by atoms with E-state index < -0.39 is 0 Å². The molecule has 0 aromatic rings. The minimum Gasteiger partial charge on any atom is -0.392 e. The topological polar surface area (TPSA) is 23.5 Å². The monoisotopic (exact) mass is 197 g/mol. The van der Waals surface area contributed by atoms with Crippen LogP contribution in [0.15, 0.2) is 0 Å². The van der Waals surface area contributed by atoms with E-state index in [0.29, 0.717) is 11.8 Å². The van der Waals surface area contributed by atoms with Gasteiger partial charge in [0, 0.05) is 13.1 Å². The van der Waals surface area contributed by atoms with Gasteiger partial charge < -0.3 is 10.0 Å². The fourth-order valence-corrected chi connectivity index (χ4v) is 3.11. The number of rotatable bonds is 1. The maximum absolute atomic E-state index is 10.2. The van der Waals surface area contributed by atoms with Crippen molar-refractivity contribution in [3.8, 4) is 0 Å². The number of hydrogen-bond acceptors (Lipinski definition) is 2. The summed E-state index contributed by atoms with van der Waals surface area (Å²) in [6.45, 7) is 5.65. The zero-order valence-electron chi connectivity index (χ0n) is 9.28. The predicted molar refractivity (Wildman–Crippen MR) is 58.2 cm³/mol. The fraction of sp³-hybridized carbons (Fsp3) is 1.00. The van der Waals surface area contributed by atoms with Crippen LogP contribution >= 0.6 is 0 Å². The van der Waals surface area contributed by atoms with Gasteiger partial charge in [-0.3, -0.25) is 0 Å². The predicted octanol–water partition coefficient (Wildman–Crippen LogP) is 1.88. The van der Waals surface area contributed by atoms with Crippen molar-refractivity contribution in [3.63, 3.8) is 0 Å². The molecule has 2 fully saturated rings. The first-order chi connectivity index (χ1) is 6.81. The summed E-state index contributed by atoms with van der Waals surface area (Å²) in [5.74, 6) is 1.13. The number of aliphatic hydroxyl groups excluding tert-OH is 1. The molecule has 1 heterocycles. The molecule has 1 N–H and O–H groups in total. The summed E-state index contributed by atoms with van der Waals surface area (Å²) in [7, 11) is 0. The van der Waals surface area contributed by atoms with Crippen molar-refractivity contribution >= 4 is 0 Å². The van der Waals surface area contributed by atoms with Crippen molar-refractivity contribution in [1.82, 2.24) is 4.90 Å². The van der Waals surface area contributed by atoms with E-state index in [4.69, 9.17) is 0 Å². The van der Waals surface area contributed by atoms with E-state index in [1.165, 1.54) is 32.1 Å². The van der Waals surface area contributed by atoms with Gasteiger partial charge in [0.2, 0.25) is 0 Å². The molecule has 1 aliphatic heterocycles. The Morgan fingerprint density at radius 1 is 1.07 bits per heavy atom. The van der Waals surface area contributed by atoms with E-state index in [1.807, 2.05) is 0 Å². The van der Waals surface area contributed by atoms with Gasteiger partial charge in [-0.1, -0.05) is 26.2 Å². The van der Waals surface area contributed by atoms with Crippen LogP contribution in [-0.4, -0.2) is 35.7 Å². The third-order valence-electron chi connectivity index (χ3n) is 4.05. The first-order valence-electron chi connectivity index (χ1n) is 6.21. The molecule has 2 rings (SSSR count). The van der Waals surface area contributed by atoms with Crippen molar-refractivity contribution in [2.45, 2.75) is 45.1 Å². The highest BCUT2D eigenvalue weighted by Crippen LogP contribution is 2.32. The Morgan fingerprint density at radius 3 is 2.14 bits per heavy atom. The Labute approximate surface area is 87.3 Å². The first kappa shape index (κ1) is 10.4. The van der Waals surface area contributed by atoms with Crippen LogP contribution in [0, 0.1) is 11.8 Å². The summed E-state index contributed by atoms with van der Waals surface area (Å²) >= 11 is 0. The molecule has 1 saturated heterocycles. The van der Waals surface area contributed by atoms with E-state index in [2.05, 4.69) is 11.8 Å². The van der Waals surface area contributed by atoms with Gasteiger partial charge in [0.05, 0.1) is 6.10 Å². The third-order valence-corrected chi connectivity index (χ3v) is 4.05. The van der Waals surface area contributed by atoms with Crippen LogP contribution in [0.1, 0.15) is 39.0 Å². The summed E-state index contributed by atoms with van der Waals surface area (Å²) in [6, 6.07) is 0. The normalized spacial score (nSPS) is 40.3. The van der Waals surface area contributed by atoms with Crippen molar-refractivity contribution in [1.29, 1.82) is 0 Å². The number of likely N-dealkylation sites (tertiary alicyclic amines) is 1. The summed E-state index contributed by atoms with van der Waals surface area (Å²) in [6.07, 6.45) is 6.52.